The zero-order valence-corrected chi connectivity index (χ0v) is 9.84. The molecule has 0 fully saturated rings. The van der Waals surface area contributed by atoms with Gasteiger partial charge < -0.3 is 9.52 Å². The van der Waals surface area contributed by atoms with Crippen LogP contribution in [0.4, 0.5) is 13.2 Å². The fourth-order valence-electron chi connectivity index (χ4n) is 1.41. The number of furan rings is 1. The topological polar surface area (TPSA) is 33.4 Å². The number of aliphatic hydroxyl groups excluding tert-OH is 1. The summed E-state index contributed by atoms with van der Waals surface area (Å²) in [5.41, 5.74) is -0.124. The largest absolute Gasteiger partial charge is 0.457 e. The molecule has 0 amide bonds. The van der Waals surface area contributed by atoms with Crippen LogP contribution in [0.3, 0.4) is 0 Å². The fourth-order valence-corrected chi connectivity index (χ4v) is 1.87. The molecular formula is C11H6BrF3O2. The summed E-state index contributed by atoms with van der Waals surface area (Å²) in [6.45, 7) is 0. The van der Waals surface area contributed by atoms with Gasteiger partial charge in [0, 0.05) is 17.2 Å². The minimum Gasteiger partial charge on any atom is -0.457 e. The molecule has 0 spiro atoms. The lowest BCUT2D eigenvalue weighted by molar-refractivity contribution is 0.211. The molecular weight excluding hydrogens is 301 g/mol. The maximum Gasteiger partial charge on any atom is 0.175 e. The van der Waals surface area contributed by atoms with Crippen LogP contribution < -0.4 is 0 Å². The van der Waals surface area contributed by atoms with Gasteiger partial charge in [-0.2, -0.15) is 0 Å². The highest BCUT2D eigenvalue weighted by atomic mass is 79.9. The van der Waals surface area contributed by atoms with E-state index in [0.717, 1.165) is 0 Å². The van der Waals surface area contributed by atoms with Gasteiger partial charge in [-0.05, 0) is 28.1 Å². The van der Waals surface area contributed by atoms with Crippen LogP contribution in [0.2, 0.25) is 0 Å². The number of halogens is 4. The van der Waals surface area contributed by atoms with Crippen LogP contribution in [-0.2, 0) is 0 Å². The molecule has 0 aliphatic rings. The summed E-state index contributed by atoms with van der Waals surface area (Å²) in [6.07, 6.45) is -0.154. The molecule has 90 valence electrons. The number of hydrogen-bond acceptors (Lipinski definition) is 2. The number of hydrogen-bond donors (Lipinski definition) is 1. The smallest absolute Gasteiger partial charge is 0.175 e. The maximum atomic E-state index is 13.4. The molecule has 1 aromatic carbocycles. The van der Waals surface area contributed by atoms with Crippen LogP contribution >= 0.6 is 15.9 Å². The Labute approximate surface area is 103 Å². The highest BCUT2D eigenvalue weighted by molar-refractivity contribution is 9.10. The van der Waals surface area contributed by atoms with E-state index in [9.17, 15) is 18.3 Å². The third-order valence-electron chi connectivity index (χ3n) is 2.27. The van der Waals surface area contributed by atoms with Gasteiger partial charge in [-0.1, -0.05) is 0 Å². The Hall–Kier alpha value is -1.27. The molecule has 0 bridgehead atoms. The lowest BCUT2D eigenvalue weighted by Crippen LogP contribution is -2.04. The maximum absolute atomic E-state index is 13.4. The molecule has 6 heteroatoms. The summed E-state index contributed by atoms with van der Waals surface area (Å²) < 4.78 is 44.2. The Balaban J connectivity index is 2.48. The highest BCUT2D eigenvalue weighted by Gasteiger charge is 2.21. The van der Waals surface area contributed by atoms with Gasteiger partial charge in [0.05, 0.1) is 6.26 Å². The molecule has 17 heavy (non-hydrogen) atoms. The highest BCUT2D eigenvalue weighted by Crippen LogP contribution is 2.31. The predicted octanol–water partition coefficient (Wildman–Crippen LogP) is 3.54. The normalized spacial score (nSPS) is 12.8. The first-order valence-electron chi connectivity index (χ1n) is 4.56. The number of benzene rings is 1. The van der Waals surface area contributed by atoms with E-state index in [4.69, 9.17) is 4.42 Å². The van der Waals surface area contributed by atoms with E-state index in [0.29, 0.717) is 12.1 Å². The van der Waals surface area contributed by atoms with Gasteiger partial charge >= 0.3 is 0 Å². The van der Waals surface area contributed by atoms with Gasteiger partial charge in [-0.25, -0.2) is 13.2 Å². The second-order valence-corrected chi connectivity index (χ2v) is 4.06. The Morgan fingerprint density at radius 3 is 2.29 bits per heavy atom. The number of aliphatic hydroxyl groups is 1. The quantitative estimate of drug-likeness (QED) is 0.861. The summed E-state index contributed by atoms with van der Waals surface area (Å²) >= 11 is 3.00. The first kappa shape index (κ1) is 12.2. The van der Waals surface area contributed by atoms with Crippen molar-refractivity contribution in [3.8, 4) is 0 Å². The van der Waals surface area contributed by atoms with Crippen molar-refractivity contribution in [2.75, 3.05) is 0 Å². The Kier molecular flexibility index (Phi) is 3.26. The van der Waals surface area contributed by atoms with Crippen LogP contribution in [0.5, 0.6) is 0 Å². The van der Waals surface area contributed by atoms with E-state index in [1.165, 1.54) is 12.3 Å². The van der Waals surface area contributed by atoms with Crippen molar-refractivity contribution in [3.63, 3.8) is 0 Å². The van der Waals surface area contributed by atoms with Crippen LogP contribution in [0.15, 0.2) is 33.5 Å². The average Bonchev–Trinajstić information content (AvgIpc) is 2.69. The molecule has 2 nitrogen and oxygen atoms in total. The summed E-state index contributed by atoms with van der Waals surface area (Å²) in [4.78, 5) is 0. The fraction of sp³-hybridized carbons (Fsp3) is 0.0909. The second-order valence-electron chi connectivity index (χ2n) is 3.34. The SMILES string of the molecule is OC(c1cc(F)c(F)cc1F)c1ccoc1Br. The second kappa shape index (κ2) is 4.54. The van der Waals surface area contributed by atoms with Crippen LogP contribution in [-0.4, -0.2) is 5.11 Å². The van der Waals surface area contributed by atoms with E-state index < -0.39 is 23.6 Å². The van der Waals surface area contributed by atoms with Crippen molar-refractivity contribution in [2.24, 2.45) is 0 Å². The van der Waals surface area contributed by atoms with Gasteiger partial charge in [-0.15, -0.1) is 0 Å². The third kappa shape index (κ3) is 2.23. The van der Waals surface area contributed by atoms with Crippen LogP contribution in [0.25, 0.3) is 0 Å². The van der Waals surface area contributed by atoms with Gasteiger partial charge in [0.25, 0.3) is 0 Å². The van der Waals surface area contributed by atoms with Crippen molar-refractivity contribution < 1.29 is 22.7 Å². The molecule has 1 aromatic heterocycles. The van der Waals surface area contributed by atoms with Crippen molar-refractivity contribution >= 4 is 15.9 Å². The standard InChI is InChI=1S/C11H6BrF3O2/c12-11-5(1-2-17-11)10(16)6-3-8(14)9(15)4-7(6)13/h1-4,10,16H. The van der Waals surface area contributed by atoms with E-state index in [1.54, 1.807) is 0 Å². The van der Waals surface area contributed by atoms with E-state index in [-0.39, 0.29) is 15.8 Å². The van der Waals surface area contributed by atoms with Crippen molar-refractivity contribution in [1.82, 2.24) is 0 Å². The molecule has 1 N–H and O–H groups in total. The molecule has 0 saturated carbocycles. The van der Waals surface area contributed by atoms with E-state index in [2.05, 4.69) is 15.9 Å². The van der Waals surface area contributed by atoms with E-state index in [1.807, 2.05) is 0 Å². The van der Waals surface area contributed by atoms with Gasteiger partial charge in [-0.3, -0.25) is 0 Å². The van der Waals surface area contributed by atoms with Crippen molar-refractivity contribution in [3.05, 3.63) is 57.7 Å². The summed E-state index contributed by atoms with van der Waals surface area (Å²) in [7, 11) is 0. The lowest BCUT2D eigenvalue weighted by Gasteiger charge is -2.11. The summed E-state index contributed by atoms with van der Waals surface area (Å²) in [5.74, 6) is -3.55. The Bertz CT molecular complexity index is 554. The molecule has 1 heterocycles. The minimum absolute atomic E-state index is 0.203. The Morgan fingerprint density at radius 2 is 1.71 bits per heavy atom. The summed E-state index contributed by atoms with van der Waals surface area (Å²) in [6, 6.07) is 2.41. The van der Waals surface area contributed by atoms with Gasteiger partial charge in [0.2, 0.25) is 0 Å². The molecule has 0 saturated heterocycles. The molecule has 0 aliphatic carbocycles. The van der Waals surface area contributed by atoms with Crippen molar-refractivity contribution in [2.45, 2.75) is 6.10 Å². The zero-order chi connectivity index (χ0) is 12.6. The molecule has 2 rings (SSSR count). The summed E-state index contributed by atoms with van der Waals surface area (Å²) in [5, 5.41) is 9.84. The average molecular weight is 307 g/mol. The minimum atomic E-state index is -1.43. The molecule has 1 atom stereocenters. The van der Waals surface area contributed by atoms with Crippen molar-refractivity contribution in [1.29, 1.82) is 0 Å². The molecule has 1 unspecified atom stereocenters. The number of rotatable bonds is 2. The molecule has 2 aromatic rings. The predicted molar refractivity (Wildman–Crippen MR) is 56.8 cm³/mol. The first-order valence-corrected chi connectivity index (χ1v) is 5.35. The lowest BCUT2D eigenvalue weighted by atomic mass is 10.0. The third-order valence-corrected chi connectivity index (χ3v) is 2.92. The molecule has 0 radical (unpaired) electrons. The van der Waals surface area contributed by atoms with Crippen LogP contribution in [0.1, 0.15) is 17.2 Å². The Morgan fingerprint density at radius 1 is 1.06 bits per heavy atom. The van der Waals surface area contributed by atoms with E-state index >= 15 is 0 Å². The van der Waals surface area contributed by atoms with Gasteiger partial charge in [0.1, 0.15) is 11.9 Å². The van der Waals surface area contributed by atoms with Gasteiger partial charge in [0.15, 0.2) is 16.3 Å². The first-order chi connectivity index (χ1) is 8.00. The molecule has 0 aliphatic heterocycles. The monoisotopic (exact) mass is 306 g/mol. The van der Waals surface area contributed by atoms with Crippen LogP contribution in [0, 0.1) is 17.5 Å². The zero-order valence-electron chi connectivity index (χ0n) is 8.25.